The van der Waals surface area contributed by atoms with Crippen molar-refractivity contribution in [3.05, 3.63) is 35.9 Å². The number of piperidine rings is 1. The number of ether oxygens (including phenoxy) is 1. The number of rotatable bonds is 3. The standard InChI is InChI=1S/C15H19NO3S/c1-20-14(17)13-7-9-16(10-8-13)15(18)19-11-12-5-3-2-4-6-12/h2-6,13H,7-11H2,1H3. The molecule has 0 aliphatic carbocycles. The van der Waals surface area contributed by atoms with Gasteiger partial charge in [-0.2, -0.15) is 0 Å². The molecule has 1 aliphatic rings. The van der Waals surface area contributed by atoms with Crippen LogP contribution in [-0.4, -0.2) is 35.5 Å². The van der Waals surface area contributed by atoms with Gasteiger partial charge in [0.15, 0.2) is 5.12 Å². The van der Waals surface area contributed by atoms with Gasteiger partial charge in [-0.05, 0) is 24.7 Å². The second-order valence-corrected chi connectivity index (χ2v) is 5.64. The summed E-state index contributed by atoms with van der Waals surface area (Å²) < 4.78 is 5.29. The molecule has 1 heterocycles. The van der Waals surface area contributed by atoms with Crippen LogP contribution in [0, 0.1) is 5.92 Å². The van der Waals surface area contributed by atoms with Gasteiger partial charge in [0.05, 0.1) is 0 Å². The summed E-state index contributed by atoms with van der Waals surface area (Å²) in [6.45, 7) is 1.50. The Balaban J connectivity index is 1.76. The lowest BCUT2D eigenvalue weighted by molar-refractivity contribution is -0.115. The molecule has 0 spiro atoms. The van der Waals surface area contributed by atoms with Crippen molar-refractivity contribution in [1.82, 2.24) is 4.90 Å². The highest BCUT2D eigenvalue weighted by Gasteiger charge is 2.27. The van der Waals surface area contributed by atoms with Crippen molar-refractivity contribution < 1.29 is 14.3 Å². The maximum atomic E-state index is 11.9. The van der Waals surface area contributed by atoms with E-state index in [9.17, 15) is 9.59 Å². The summed E-state index contributed by atoms with van der Waals surface area (Å²) >= 11 is 1.27. The molecule has 0 unspecified atom stereocenters. The number of benzene rings is 1. The van der Waals surface area contributed by atoms with E-state index >= 15 is 0 Å². The molecule has 108 valence electrons. The van der Waals surface area contributed by atoms with E-state index < -0.39 is 0 Å². The molecule has 0 N–H and O–H groups in total. The Labute approximate surface area is 123 Å². The first-order chi connectivity index (χ1) is 9.70. The van der Waals surface area contributed by atoms with Gasteiger partial charge in [0.25, 0.3) is 0 Å². The molecule has 0 radical (unpaired) electrons. The number of likely N-dealkylation sites (tertiary alicyclic amines) is 1. The highest BCUT2D eigenvalue weighted by atomic mass is 32.2. The number of thioether (sulfide) groups is 1. The number of carbonyl (C=O) groups excluding carboxylic acids is 2. The minimum Gasteiger partial charge on any atom is -0.445 e. The van der Waals surface area contributed by atoms with E-state index in [4.69, 9.17) is 4.74 Å². The van der Waals surface area contributed by atoms with Crippen molar-refractivity contribution in [1.29, 1.82) is 0 Å². The van der Waals surface area contributed by atoms with E-state index in [2.05, 4.69) is 0 Å². The zero-order valence-electron chi connectivity index (χ0n) is 11.6. The van der Waals surface area contributed by atoms with Crippen LogP contribution in [0.2, 0.25) is 0 Å². The third kappa shape index (κ3) is 4.00. The maximum absolute atomic E-state index is 11.9. The zero-order chi connectivity index (χ0) is 14.4. The van der Waals surface area contributed by atoms with Crippen LogP contribution in [0.1, 0.15) is 18.4 Å². The van der Waals surface area contributed by atoms with E-state index in [0.29, 0.717) is 19.7 Å². The quantitative estimate of drug-likeness (QED) is 0.859. The molecule has 1 saturated heterocycles. The molecule has 4 nitrogen and oxygen atoms in total. The van der Waals surface area contributed by atoms with Crippen LogP contribution in [0.25, 0.3) is 0 Å². The molecule has 0 bridgehead atoms. The van der Waals surface area contributed by atoms with E-state index in [-0.39, 0.29) is 17.1 Å². The third-order valence-corrected chi connectivity index (χ3v) is 4.23. The summed E-state index contributed by atoms with van der Waals surface area (Å²) in [6, 6.07) is 9.62. The van der Waals surface area contributed by atoms with Gasteiger partial charge in [-0.25, -0.2) is 4.79 Å². The first-order valence-corrected chi connectivity index (χ1v) is 7.96. The predicted molar refractivity (Wildman–Crippen MR) is 79.4 cm³/mol. The molecule has 1 aromatic rings. The van der Waals surface area contributed by atoms with Crippen LogP contribution in [0.15, 0.2) is 30.3 Å². The number of hydrogen-bond donors (Lipinski definition) is 0. The maximum Gasteiger partial charge on any atom is 0.410 e. The molecule has 0 saturated carbocycles. The monoisotopic (exact) mass is 293 g/mol. The molecule has 5 heteroatoms. The summed E-state index contributed by atoms with van der Waals surface area (Å²) in [5.41, 5.74) is 0.980. The molecule has 20 heavy (non-hydrogen) atoms. The Hall–Kier alpha value is -1.49. The van der Waals surface area contributed by atoms with Gasteiger partial charge in [-0.3, -0.25) is 4.79 Å². The van der Waals surface area contributed by atoms with E-state index in [0.717, 1.165) is 18.4 Å². The summed E-state index contributed by atoms with van der Waals surface area (Å²) in [6.07, 6.45) is 2.99. The van der Waals surface area contributed by atoms with Gasteiger partial charge < -0.3 is 9.64 Å². The van der Waals surface area contributed by atoms with Gasteiger partial charge in [0.1, 0.15) is 6.61 Å². The highest BCUT2D eigenvalue weighted by molar-refractivity contribution is 8.13. The van der Waals surface area contributed by atoms with Gasteiger partial charge in [-0.15, -0.1) is 0 Å². The van der Waals surface area contributed by atoms with Crippen LogP contribution in [0.4, 0.5) is 4.79 Å². The van der Waals surface area contributed by atoms with Crippen molar-refractivity contribution >= 4 is 23.0 Å². The molecule has 2 rings (SSSR count). The van der Waals surface area contributed by atoms with Crippen LogP contribution < -0.4 is 0 Å². The van der Waals surface area contributed by atoms with Crippen molar-refractivity contribution in [2.24, 2.45) is 5.92 Å². The predicted octanol–water partition coefficient (Wildman–Crippen LogP) is 2.92. The second kappa shape index (κ2) is 7.33. The third-order valence-electron chi connectivity index (χ3n) is 3.49. The lowest BCUT2D eigenvalue weighted by Gasteiger charge is -2.30. The fourth-order valence-corrected chi connectivity index (χ4v) is 2.84. The van der Waals surface area contributed by atoms with Crippen LogP contribution >= 0.6 is 11.8 Å². The van der Waals surface area contributed by atoms with Crippen molar-refractivity contribution in [3.8, 4) is 0 Å². The average molecular weight is 293 g/mol. The fraction of sp³-hybridized carbons (Fsp3) is 0.467. The minimum atomic E-state index is -0.288. The van der Waals surface area contributed by atoms with Crippen molar-refractivity contribution in [2.45, 2.75) is 19.4 Å². The fourth-order valence-electron chi connectivity index (χ4n) is 2.28. The smallest absolute Gasteiger partial charge is 0.410 e. The van der Waals surface area contributed by atoms with Gasteiger partial charge >= 0.3 is 6.09 Å². The van der Waals surface area contributed by atoms with Crippen LogP contribution in [0.5, 0.6) is 0 Å². The highest BCUT2D eigenvalue weighted by Crippen LogP contribution is 2.22. The first kappa shape index (κ1) is 14.9. The van der Waals surface area contributed by atoms with E-state index in [1.807, 2.05) is 36.6 Å². The van der Waals surface area contributed by atoms with E-state index in [1.165, 1.54) is 11.8 Å². The summed E-state index contributed by atoms with van der Waals surface area (Å²) in [5.74, 6) is 0.0863. The van der Waals surface area contributed by atoms with Crippen LogP contribution in [-0.2, 0) is 16.1 Å². The second-order valence-electron chi connectivity index (χ2n) is 4.82. The van der Waals surface area contributed by atoms with Crippen molar-refractivity contribution in [3.63, 3.8) is 0 Å². The summed E-state index contributed by atoms with van der Waals surface area (Å²) in [5, 5.41) is 0.224. The minimum absolute atomic E-state index is 0.0863. The van der Waals surface area contributed by atoms with Gasteiger partial charge in [0.2, 0.25) is 0 Å². The zero-order valence-corrected chi connectivity index (χ0v) is 12.4. The average Bonchev–Trinajstić information content (AvgIpc) is 2.53. The number of nitrogens with zero attached hydrogens (tertiary/aromatic N) is 1. The topological polar surface area (TPSA) is 46.6 Å². The Bertz CT molecular complexity index is 455. The normalized spacial score (nSPS) is 15.9. The summed E-state index contributed by atoms with van der Waals surface area (Å²) in [4.78, 5) is 25.2. The Morgan fingerprint density at radius 2 is 1.90 bits per heavy atom. The molecule has 1 amide bonds. The lowest BCUT2D eigenvalue weighted by atomic mass is 9.99. The molecule has 1 aromatic carbocycles. The summed E-state index contributed by atoms with van der Waals surface area (Å²) in [7, 11) is 0. The molecule has 0 atom stereocenters. The van der Waals surface area contributed by atoms with Crippen LogP contribution in [0.3, 0.4) is 0 Å². The molecule has 1 fully saturated rings. The molecular weight excluding hydrogens is 274 g/mol. The van der Waals surface area contributed by atoms with Gasteiger partial charge in [0, 0.05) is 19.0 Å². The Morgan fingerprint density at radius 3 is 2.50 bits per heavy atom. The SMILES string of the molecule is CSC(=O)C1CCN(C(=O)OCc2ccccc2)CC1. The Kier molecular flexibility index (Phi) is 5.47. The number of amides is 1. The molecular formula is C15H19NO3S. The van der Waals surface area contributed by atoms with E-state index in [1.54, 1.807) is 4.90 Å². The first-order valence-electron chi connectivity index (χ1n) is 6.74. The largest absolute Gasteiger partial charge is 0.445 e. The Morgan fingerprint density at radius 1 is 1.25 bits per heavy atom. The molecule has 1 aliphatic heterocycles. The lowest BCUT2D eigenvalue weighted by Crippen LogP contribution is -2.40. The number of carbonyl (C=O) groups is 2. The number of hydrogen-bond acceptors (Lipinski definition) is 4. The van der Waals surface area contributed by atoms with Gasteiger partial charge in [-0.1, -0.05) is 42.1 Å². The molecule has 0 aromatic heterocycles. The van der Waals surface area contributed by atoms with Crippen molar-refractivity contribution in [2.75, 3.05) is 19.3 Å².